The molecule has 2 aromatic carbocycles. The number of rotatable bonds is 2. The van der Waals surface area contributed by atoms with E-state index in [2.05, 4.69) is 15.9 Å². The van der Waals surface area contributed by atoms with Crippen LogP contribution in [0.3, 0.4) is 0 Å². The van der Waals surface area contributed by atoms with Crippen LogP contribution in [0.5, 0.6) is 0 Å². The van der Waals surface area contributed by atoms with Gasteiger partial charge in [-0.3, -0.25) is 0 Å². The molecular weight excluding hydrogens is 316 g/mol. The summed E-state index contributed by atoms with van der Waals surface area (Å²) >= 11 is 3.49. The number of furan rings is 1. The van der Waals surface area contributed by atoms with Crippen molar-refractivity contribution in [1.29, 1.82) is 0 Å². The van der Waals surface area contributed by atoms with Crippen molar-refractivity contribution in [3.8, 4) is 0 Å². The topological polar surface area (TPSA) is 33.4 Å². The minimum atomic E-state index is -1.18. The lowest BCUT2D eigenvalue weighted by molar-refractivity contribution is 0.0779. The molecule has 0 aliphatic heterocycles. The standard InChI is InChI=1S/C17H15BrO2/c1-11-6-5-7-12-10-15(20-16(11)12)17(2,19)13-8-3-4-9-14(13)18/h3-10,19H,1-2H3. The first kappa shape index (κ1) is 13.4. The smallest absolute Gasteiger partial charge is 0.145 e. The van der Waals surface area contributed by atoms with Crippen LogP contribution in [0.1, 0.15) is 23.8 Å². The second kappa shape index (κ2) is 4.76. The van der Waals surface area contributed by atoms with Crippen LogP contribution in [-0.2, 0) is 5.60 Å². The first-order valence-corrected chi connectivity index (χ1v) is 7.26. The predicted octanol–water partition coefficient (Wildman–Crippen LogP) is 4.76. The Labute approximate surface area is 126 Å². The van der Waals surface area contributed by atoms with Gasteiger partial charge in [-0.05, 0) is 31.5 Å². The molecule has 1 atom stereocenters. The van der Waals surface area contributed by atoms with E-state index in [1.807, 2.05) is 55.5 Å². The van der Waals surface area contributed by atoms with Crippen molar-refractivity contribution in [1.82, 2.24) is 0 Å². The molecule has 0 saturated heterocycles. The minimum absolute atomic E-state index is 0.550. The quantitative estimate of drug-likeness (QED) is 0.734. The van der Waals surface area contributed by atoms with Gasteiger partial charge in [0, 0.05) is 15.4 Å². The Morgan fingerprint density at radius 2 is 1.85 bits per heavy atom. The molecule has 0 aliphatic carbocycles. The van der Waals surface area contributed by atoms with Gasteiger partial charge in [0.1, 0.15) is 16.9 Å². The van der Waals surface area contributed by atoms with E-state index >= 15 is 0 Å². The molecule has 0 fully saturated rings. The molecule has 3 aromatic rings. The fraction of sp³-hybridized carbons (Fsp3) is 0.176. The maximum absolute atomic E-state index is 10.9. The van der Waals surface area contributed by atoms with Gasteiger partial charge in [-0.2, -0.15) is 0 Å². The van der Waals surface area contributed by atoms with E-state index in [1.165, 1.54) is 0 Å². The van der Waals surface area contributed by atoms with Crippen molar-refractivity contribution in [3.63, 3.8) is 0 Å². The molecule has 0 saturated carbocycles. The Hall–Kier alpha value is -1.58. The zero-order valence-corrected chi connectivity index (χ0v) is 12.9. The number of fused-ring (bicyclic) bond motifs is 1. The lowest BCUT2D eigenvalue weighted by atomic mass is 9.93. The molecule has 0 aliphatic rings. The average Bonchev–Trinajstić information content (AvgIpc) is 2.85. The molecule has 20 heavy (non-hydrogen) atoms. The van der Waals surface area contributed by atoms with Gasteiger partial charge in [-0.25, -0.2) is 0 Å². The highest BCUT2D eigenvalue weighted by atomic mass is 79.9. The number of para-hydroxylation sites is 1. The van der Waals surface area contributed by atoms with E-state index in [4.69, 9.17) is 4.42 Å². The van der Waals surface area contributed by atoms with Crippen molar-refractivity contribution in [2.24, 2.45) is 0 Å². The van der Waals surface area contributed by atoms with Crippen LogP contribution in [0.25, 0.3) is 11.0 Å². The molecule has 1 N–H and O–H groups in total. The maximum atomic E-state index is 10.9. The van der Waals surface area contributed by atoms with E-state index in [-0.39, 0.29) is 0 Å². The largest absolute Gasteiger partial charge is 0.457 e. The molecule has 0 spiro atoms. The normalized spacial score (nSPS) is 14.4. The van der Waals surface area contributed by atoms with Gasteiger partial charge >= 0.3 is 0 Å². The number of aliphatic hydroxyl groups is 1. The zero-order chi connectivity index (χ0) is 14.3. The Morgan fingerprint density at radius 3 is 2.55 bits per heavy atom. The van der Waals surface area contributed by atoms with Crippen molar-refractivity contribution in [2.75, 3.05) is 0 Å². The lowest BCUT2D eigenvalue weighted by Crippen LogP contribution is -2.22. The monoisotopic (exact) mass is 330 g/mol. The van der Waals surface area contributed by atoms with Crippen LogP contribution in [0.2, 0.25) is 0 Å². The fourth-order valence-corrected chi connectivity index (χ4v) is 3.11. The van der Waals surface area contributed by atoms with E-state index < -0.39 is 5.60 Å². The number of hydrogen-bond donors (Lipinski definition) is 1. The summed E-state index contributed by atoms with van der Waals surface area (Å²) in [5.41, 5.74) is 1.51. The van der Waals surface area contributed by atoms with Crippen LogP contribution in [0, 0.1) is 6.92 Å². The molecule has 3 rings (SSSR count). The molecule has 1 unspecified atom stereocenters. The van der Waals surface area contributed by atoms with E-state index in [0.29, 0.717) is 5.76 Å². The van der Waals surface area contributed by atoms with Crippen molar-refractivity contribution < 1.29 is 9.52 Å². The fourth-order valence-electron chi connectivity index (χ4n) is 2.44. The molecule has 1 aromatic heterocycles. The predicted molar refractivity (Wildman–Crippen MR) is 83.8 cm³/mol. The Morgan fingerprint density at radius 1 is 1.10 bits per heavy atom. The highest BCUT2D eigenvalue weighted by Crippen LogP contribution is 2.37. The summed E-state index contributed by atoms with van der Waals surface area (Å²) in [5.74, 6) is 0.550. The summed E-state index contributed by atoms with van der Waals surface area (Å²) in [7, 11) is 0. The Bertz CT molecular complexity index is 772. The van der Waals surface area contributed by atoms with Crippen molar-refractivity contribution in [2.45, 2.75) is 19.4 Å². The second-order valence-corrected chi connectivity index (χ2v) is 6.01. The summed E-state index contributed by atoms with van der Waals surface area (Å²) in [5, 5.41) is 11.9. The van der Waals surface area contributed by atoms with Crippen LogP contribution >= 0.6 is 15.9 Å². The van der Waals surface area contributed by atoms with Crippen LogP contribution < -0.4 is 0 Å². The van der Waals surface area contributed by atoms with Crippen molar-refractivity contribution in [3.05, 3.63) is 69.9 Å². The minimum Gasteiger partial charge on any atom is -0.457 e. The van der Waals surface area contributed by atoms with Gasteiger partial charge < -0.3 is 9.52 Å². The Balaban J connectivity index is 2.19. The zero-order valence-electron chi connectivity index (χ0n) is 11.4. The summed E-state index contributed by atoms with van der Waals surface area (Å²) in [4.78, 5) is 0. The molecular formula is C17H15BrO2. The number of halogens is 1. The van der Waals surface area contributed by atoms with E-state index in [9.17, 15) is 5.11 Å². The average molecular weight is 331 g/mol. The highest BCUT2D eigenvalue weighted by molar-refractivity contribution is 9.10. The second-order valence-electron chi connectivity index (χ2n) is 5.16. The molecule has 0 amide bonds. The molecule has 102 valence electrons. The first-order chi connectivity index (χ1) is 9.50. The van der Waals surface area contributed by atoms with E-state index in [1.54, 1.807) is 6.92 Å². The molecule has 0 bridgehead atoms. The third-order valence-electron chi connectivity index (χ3n) is 3.62. The number of hydrogen-bond acceptors (Lipinski definition) is 2. The van der Waals surface area contributed by atoms with Crippen molar-refractivity contribution >= 4 is 26.9 Å². The van der Waals surface area contributed by atoms with Crippen LogP contribution in [-0.4, -0.2) is 5.11 Å². The van der Waals surface area contributed by atoms with Gasteiger partial charge in [0.15, 0.2) is 0 Å². The summed E-state index contributed by atoms with van der Waals surface area (Å²) < 4.78 is 6.77. The maximum Gasteiger partial charge on any atom is 0.145 e. The third-order valence-corrected chi connectivity index (χ3v) is 4.31. The van der Waals surface area contributed by atoms with Gasteiger partial charge in [-0.15, -0.1) is 0 Å². The molecule has 0 radical (unpaired) electrons. The van der Waals surface area contributed by atoms with Gasteiger partial charge in [0.05, 0.1) is 0 Å². The third kappa shape index (κ3) is 2.07. The van der Waals surface area contributed by atoms with Gasteiger partial charge in [0.2, 0.25) is 0 Å². The summed E-state index contributed by atoms with van der Waals surface area (Å²) in [6.07, 6.45) is 0. The summed E-state index contributed by atoms with van der Waals surface area (Å²) in [6, 6.07) is 15.5. The SMILES string of the molecule is Cc1cccc2cc(C(C)(O)c3ccccc3Br)oc12. The van der Waals surface area contributed by atoms with E-state index in [0.717, 1.165) is 26.6 Å². The van der Waals surface area contributed by atoms with Gasteiger partial charge in [0.25, 0.3) is 0 Å². The first-order valence-electron chi connectivity index (χ1n) is 6.47. The van der Waals surface area contributed by atoms with Gasteiger partial charge in [-0.1, -0.05) is 52.3 Å². The number of benzene rings is 2. The Kier molecular flexibility index (Phi) is 3.19. The van der Waals surface area contributed by atoms with Crippen LogP contribution in [0.15, 0.2) is 57.4 Å². The van der Waals surface area contributed by atoms with Crippen LogP contribution in [0.4, 0.5) is 0 Å². The molecule has 1 heterocycles. The lowest BCUT2D eigenvalue weighted by Gasteiger charge is -2.22. The number of aryl methyl sites for hydroxylation is 1. The molecule has 3 heteroatoms. The highest BCUT2D eigenvalue weighted by Gasteiger charge is 2.31. The summed E-state index contributed by atoms with van der Waals surface area (Å²) in [6.45, 7) is 3.75. The molecule has 2 nitrogen and oxygen atoms in total.